The summed E-state index contributed by atoms with van der Waals surface area (Å²) in [6.45, 7) is 0. The summed E-state index contributed by atoms with van der Waals surface area (Å²) in [7, 11) is 0. The zero-order valence-corrected chi connectivity index (χ0v) is 5.63. The molecule has 0 atom stereocenters. The molecule has 0 aliphatic carbocycles. The molecule has 0 rings (SSSR count). The standard InChI is InChI=1S/CCl3.Al/c2-1(3)4;/q;+2. The Morgan fingerprint density at radius 1 is 1.20 bits per heavy atom. The Morgan fingerprint density at radius 3 is 1.20 bits per heavy atom. The van der Waals surface area contributed by atoms with Crippen molar-refractivity contribution in [1.82, 2.24) is 0 Å². The molecule has 0 saturated heterocycles. The van der Waals surface area contributed by atoms with Crippen molar-refractivity contribution in [3.63, 3.8) is 0 Å². The number of halogens is 3. The van der Waals surface area contributed by atoms with E-state index in [1.807, 2.05) is 16.3 Å². The maximum absolute atomic E-state index is 5.02. The van der Waals surface area contributed by atoms with Crippen LogP contribution in [0.25, 0.3) is 0 Å². The van der Waals surface area contributed by atoms with Gasteiger partial charge in [-0.05, 0) is 0 Å². The van der Waals surface area contributed by atoms with Crippen LogP contribution in [0.1, 0.15) is 0 Å². The third-order valence-corrected chi connectivity index (χ3v) is 0. The molecule has 0 fully saturated rings. The van der Waals surface area contributed by atoms with Crippen LogP contribution in [0.5, 0.6) is 0 Å². The van der Waals surface area contributed by atoms with Crippen molar-refractivity contribution >= 4 is 51.1 Å². The molecule has 0 bridgehead atoms. The van der Waals surface area contributed by atoms with E-state index in [9.17, 15) is 0 Å². The van der Waals surface area contributed by atoms with Gasteiger partial charge in [0.1, 0.15) is 0 Å². The summed E-state index contributed by atoms with van der Waals surface area (Å²) in [5, 5.41) is 0. The fourth-order valence-electron chi connectivity index (χ4n) is 0. The summed E-state index contributed by atoms with van der Waals surface area (Å²) in [6, 6.07) is 0. The molecule has 0 aliphatic heterocycles. The summed E-state index contributed by atoms with van der Waals surface area (Å²) in [5.41, 5.74) is 0. The second-order valence-corrected chi connectivity index (χ2v) is 4.87. The van der Waals surface area contributed by atoms with Gasteiger partial charge in [0.05, 0.1) is 0 Å². The predicted octanol–water partition coefficient (Wildman–Crippen LogP) is 1.48. The Labute approximate surface area is 53.8 Å². The van der Waals surface area contributed by atoms with Crippen molar-refractivity contribution < 1.29 is 0 Å². The van der Waals surface area contributed by atoms with E-state index in [0.29, 0.717) is 0 Å². The van der Waals surface area contributed by atoms with Crippen molar-refractivity contribution in [2.24, 2.45) is 0 Å². The van der Waals surface area contributed by atoms with Gasteiger partial charge >= 0.3 is 53.7 Å². The topological polar surface area (TPSA) is 0 Å². The van der Waals surface area contributed by atoms with Crippen LogP contribution in [0, 0.1) is 0 Å². The summed E-state index contributed by atoms with van der Waals surface area (Å²) < 4.78 is -1.17. The van der Waals surface area contributed by atoms with Gasteiger partial charge in [-0.15, -0.1) is 0 Å². The average Bonchev–Trinajstić information content (AvgIpc) is 0.722. The molecule has 0 amide bonds. The molecule has 0 radical (unpaired) electrons. The Balaban J connectivity index is 3.02. The van der Waals surface area contributed by atoms with Crippen LogP contribution in [-0.4, -0.2) is 18.9 Å². The van der Waals surface area contributed by atoms with Crippen molar-refractivity contribution in [1.29, 1.82) is 0 Å². The summed E-state index contributed by atoms with van der Waals surface area (Å²) >= 11 is 17.1. The van der Waals surface area contributed by atoms with Crippen LogP contribution in [0.15, 0.2) is 0 Å². The average molecular weight is 145 g/mol. The quantitative estimate of drug-likeness (QED) is 0.358. The van der Waals surface area contributed by atoms with Crippen molar-refractivity contribution in [3.8, 4) is 0 Å². The maximum atomic E-state index is 5.02. The van der Waals surface area contributed by atoms with Gasteiger partial charge in [-0.25, -0.2) is 0 Å². The molecule has 0 aromatic carbocycles. The molecule has 0 unspecified atom stereocenters. The fraction of sp³-hybridized carbons (Fsp3) is 1.00. The van der Waals surface area contributed by atoms with Crippen molar-refractivity contribution in [2.45, 2.75) is 2.65 Å². The van der Waals surface area contributed by atoms with Gasteiger partial charge < -0.3 is 0 Å². The summed E-state index contributed by atoms with van der Waals surface area (Å²) in [6.07, 6.45) is 0. The fourth-order valence-corrected chi connectivity index (χ4v) is 0. The molecule has 0 nitrogen and oxygen atoms in total. The first-order chi connectivity index (χ1) is 2.00. The van der Waals surface area contributed by atoms with Gasteiger partial charge in [-0.2, -0.15) is 0 Å². The van der Waals surface area contributed by atoms with E-state index in [1.54, 1.807) is 0 Å². The Hall–Kier alpha value is 1.40. The zero-order valence-electron chi connectivity index (χ0n) is 2.21. The Bertz CT molecular complexity index is 22.4. The molecule has 0 N–H and O–H groups in total. The molecular weight excluding hydrogens is 145 g/mol. The molecule has 0 aliphatic rings. The van der Waals surface area contributed by atoms with Crippen molar-refractivity contribution in [3.05, 3.63) is 0 Å². The van der Waals surface area contributed by atoms with Crippen molar-refractivity contribution in [2.75, 3.05) is 0 Å². The Kier molecular flexibility index (Phi) is 2.45. The molecule has 0 spiro atoms. The summed E-state index contributed by atoms with van der Waals surface area (Å²) in [5.74, 6) is 0. The number of hydrogen-bond acceptors (Lipinski definition) is 0. The third-order valence-electron chi connectivity index (χ3n) is 0. The van der Waals surface area contributed by atoms with Crippen LogP contribution < -0.4 is 0 Å². The third kappa shape index (κ3) is 31.8. The van der Waals surface area contributed by atoms with Crippen LogP contribution in [-0.2, 0) is 0 Å². The van der Waals surface area contributed by atoms with Gasteiger partial charge in [0.15, 0.2) is 0 Å². The predicted molar refractivity (Wildman–Crippen MR) is 26.0 cm³/mol. The molecule has 0 aromatic heterocycles. The second kappa shape index (κ2) is 1.91. The first kappa shape index (κ1) is 6.40. The van der Waals surface area contributed by atoms with Crippen LogP contribution in [0.4, 0.5) is 0 Å². The van der Waals surface area contributed by atoms with E-state index >= 15 is 0 Å². The molecule has 0 saturated carbocycles. The normalized spacial score (nSPS) is 12.2. The second-order valence-electron chi connectivity index (χ2n) is 0.542. The van der Waals surface area contributed by atoms with Gasteiger partial charge in [-0.3, -0.25) is 0 Å². The number of rotatable bonds is 0. The molecule has 0 aromatic rings. The van der Waals surface area contributed by atoms with E-state index in [4.69, 9.17) is 34.8 Å². The van der Waals surface area contributed by atoms with E-state index in [1.165, 1.54) is 0 Å². The zero-order chi connectivity index (χ0) is 4.50. The van der Waals surface area contributed by atoms with E-state index in [2.05, 4.69) is 0 Å². The molecular formula is CAlCl3+2. The minimum atomic E-state index is -1.17. The van der Waals surface area contributed by atoms with E-state index < -0.39 is 2.65 Å². The summed E-state index contributed by atoms with van der Waals surface area (Å²) in [4.78, 5) is 0. The van der Waals surface area contributed by atoms with Gasteiger partial charge in [-0.1, -0.05) is 0 Å². The first-order valence-electron chi connectivity index (χ1n) is 0.856. The van der Waals surface area contributed by atoms with Gasteiger partial charge in [0.25, 0.3) is 0 Å². The minimum absolute atomic E-state index is 1.17. The Morgan fingerprint density at radius 2 is 1.20 bits per heavy atom. The SMILES string of the molecule is [Al+2][C](Cl)(Cl)Cl. The molecule has 5 heavy (non-hydrogen) atoms. The van der Waals surface area contributed by atoms with Gasteiger partial charge in [0, 0.05) is 0 Å². The molecule has 0 heterocycles. The molecule has 4 heteroatoms. The van der Waals surface area contributed by atoms with Crippen LogP contribution >= 0.6 is 34.8 Å². The van der Waals surface area contributed by atoms with E-state index in [-0.39, 0.29) is 0 Å². The number of hydrogen-bond donors (Lipinski definition) is 0. The number of alkyl halides is 3. The first-order valence-corrected chi connectivity index (χ1v) is 2.57. The van der Waals surface area contributed by atoms with Gasteiger partial charge in [0.2, 0.25) is 0 Å². The van der Waals surface area contributed by atoms with E-state index in [0.717, 1.165) is 0 Å². The molecule has 26 valence electrons. The van der Waals surface area contributed by atoms with Crippen LogP contribution in [0.2, 0.25) is 0 Å². The van der Waals surface area contributed by atoms with Crippen LogP contribution in [0.3, 0.4) is 0 Å². The monoisotopic (exact) mass is 144 g/mol.